The zero-order valence-corrected chi connectivity index (χ0v) is 10.5. The lowest BCUT2D eigenvalue weighted by Gasteiger charge is -2.32. The molecule has 0 saturated carbocycles. The average molecular weight is 258 g/mol. The van der Waals surface area contributed by atoms with Crippen LogP contribution in [-0.4, -0.2) is 38.6 Å². The van der Waals surface area contributed by atoms with Crippen molar-refractivity contribution in [2.75, 3.05) is 13.1 Å². The zero-order chi connectivity index (χ0) is 12.4. The Balaban J connectivity index is 2.31. The largest absolute Gasteiger partial charge is 0.480 e. The van der Waals surface area contributed by atoms with Crippen molar-refractivity contribution in [2.24, 2.45) is 7.05 Å². The molecule has 17 heavy (non-hydrogen) atoms. The summed E-state index contributed by atoms with van der Waals surface area (Å²) < 4.78 is 1.69. The molecule has 5 nitrogen and oxygen atoms in total. The molecule has 1 N–H and O–H groups in total. The monoisotopic (exact) mass is 257 g/mol. The standard InChI is InChI=1S/C11H16ClN3O2/c1-14-7-13-10(12)8(14)9(11(16)17)15-5-3-2-4-6-15/h7,9H,2-6H2,1H3,(H,16,17). The fraction of sp³-hybridized carbons (Fsp3) is 0.636. The fourth-order valence-corrected chi connectivity index (χ4v) is 2.62. The number of nitrogens with zero attached hydrogens (tertiary/aromatic N) is 3. The highest BCUT2D eigenvalue weighted by atomic mass is 35.5. The molecule has 1 unspecified atom stereocenters. The summed E-state index contributed by atoms with van der Waals surface area (Å²) in [5.41, 5.74) is 0.570. The molecule has 2 heterocycles. The molecule has 1 aliphatic heterocycles. The molecule has 94 valence electrons. The molecule has 0 spiro atoms. The van der Waals surface area contributed by atoms with Crippen LogP contribution in [0.2, 0.25) is 5.15 Å². The SMILES string of the molecule is Cn1cnc(Cl)c1C(C(=O)O)N1CCCCC1. The Labute approximate surface area is 105 Å². The van der Waals surface area contributed by atoms with Gasteiger partial charge < -0.3 is 9.67 Å². The van der Waals surface area contributed by atoms with Gasteiger partial charge in [0, 0.05) is 7.05 Å². The molecule has 0 radical (unpaired) electrons. The Bertz CT molecular complexity index is 393. The highest BCUT2D eigenvalue weighted by Crippen LogP contribution is 2.29. The third-order valence-corrected chi connectivity index (χ3v) is 3.48. The maximum absolute atomic E-state index is 11.5. The van der Waals surface area contributed by atoms with Gasteiger partial charge in [0.05, 0.1) is 12.0 Å². The van der Waals surface area contributed by atoms with E-state index in [-0.39, 0.29) is 5.15 Å². The molecule has 6 heteroatoms. The van der Waals surface area contributed by atoms with E-state index in [0.29, 0.717) is 5.69 Å². The maximum Gasteiger partial charge on any atom is 0.327 e. The summed E-state index contributed by atoms with van der Waals surface area (Å²) in [5, 5.41) is 9.69. The lowest BCUT2D eigenvalue weighted by atomic mass is 10.1. The number of carbonyl (C=O) groups is 1. The van der Waals surface area contributed by atoms with E-state index >= 15 is 0 Å². The lowest BCUT2D eigenvalue weighted by molar-refractivity contribution is -0.144. The summed E-state index contributed by atoms with van der Waals surface area (Å²) in [7, 11) is 1.77. The number of hydrogen-bond acceptors (Lipinski definition) is 3. The Kier molecular flexibility index (Phi) is 3.69. The number of piperidine rings is 1. The van der Waals surface area contributed by atoms with Crippen LogP contribution in [0.1, 0.15) is 31.0 Å². The van der Waals surface area contributed by atoms with Gasteiger partial charge in [0.25, 0.3) is 0 Å². The van der Waals surface area contributed by atoms with Crippen molar-refractivity contribution in [3.05, 3.63) is 17.2 Å². The number of aliphatic carboxylic acids is 1. The fourth-order valence-electron chi connectivity index (χ4n) is 2.34. The van der Waals surface area contributed by atoms with Gasteiger partial charge in [-0.05, 0) is 25.9 Å². The first kappa shape index (κ1) is 12.4. The predicted molar refractivity (Wildman–Crippen MR) is 64.0 cm³/mol. The Morgan fingerprint density at radius 1 is 1.47 bits per heavy atom. The highest BCUT2D eigenvalue weighted by molar-refractivity contribution is 6.30. The summed E-state index contributed by atoms with van der Waals surface area (Å²) in [6, 6.07) is -0.685. The molecule has 0 bridgehead atoms. The van der Waals surface area contributed by atoms with Gasteiger partial charge in [0.1, 0.15) is 0 Å². The van der Waals surface area contributed by atoms with E-state index in [2.05, 4.69) is 4.98 Å². The summed E-state index contributed by atoms with van der Waals surface area (Å²) in [4.78, 5) is 17.4. The first-order valence-corrected chi connectivity index (χ1v) is 6.12. The van der Waals surface area contributed by atoms with Gasteiger partial charge in [0.2, 0.25) is 0 Å². The number of carboxylic acids is 1. The quantitative estimate of drug-likeness (QED) is 0.895. The molecule has 1 fully saturated rings. The van der Waals surface area contributed by atoms with Crippen molar-refractivity contribution in [1.82, 2.24) is 14.5 Å². The predicted octanol–water partition coefficient (Wildman–Crippen LogP) is 1.69. The third kappa shape index (κ3) is 2.45. The number of carboxylic acid groups (broad SMARTS) is 1. The van der Waals surface area contributed by atoms with Crippen molar-refractivity contribution in [1.29, 1.82) is 0 Å². The topological polar surface area (TPSA) is 58.4 Å². The Morgan fingerprint density at radius 3 is 2.59 bits per heavy atom. The van der Waals surface area contributed by atoms with Crippen LogP contribution in [-0.2, 0) is 11.8 Å². The van der Waals surface area contributed by atoms with E-state index in [9.17, 15) is 9.90 Å². The minimum atomic E-state index is -0.864. The molecule has 1 aliphatic rings. The van der Waals surface area contributed by atoms with Crippen LogP contribution < -0.4 is 0 Å². The average Bonchev–Trinajstić information content (AvgIpc) is 2.62. The van der Waals surface area contributed by atoms with Crippen LogP contribution in [0.5, 0.6) is 0 Å². The maximum atomic E-state index is 11.5. The normalized spacial score (nSPS) is 19.2. The van der Waals surface area contributed by atoms with Crippen LogP contribution in [0, 0.1) is 0 Å². The molecular formula is C11H16ClN3O2. The van der Waals surface area contributed by atoms with Gasteiger partial charge in [-0.3, -0.25) is 9.69 Å². The molecule has 2 rings (SSSR count). The molecule has 1 aromatic rings. The number of halogens is 1. The molecular weight excluding hydrogens is 242 g/mol. The Morgan fingerprint density at radius 2 is 2.12 bits per heavy atom. The first-order chi connectivity index (χ1) is 8.11. The van der Waals surface area contributed by atoms with Crippen molar-refractivity contribution < 1.29 is 9.90 Å². The minimum Gasteiger partial charge on any atom is -0.480 e. The smallest absolute Gasteiger partial charge is 0.327 e. The van der Waals surface area contributed by atoms with Crippen molar-refractivity contribution >= 4 is 17.6 Å². The third-order valence-electron chi connectivity index (χ3n) is 3.18. The van der Waals surface area contributed by atoms with E-state index in [1.165, 1.54) is 6.42 Å². The zero-order valence-electron chi connectivity index (χ0n) is 9.77. The van der Waals surface area contributed by atoms with E-state index in [4.69, 9.17) is 11.6 Å². The van der Waals surface area contributed by atoms with Gasteiger partial charge in [-0.15, -0.1) is 0 Å². The molecule has 1 aromatic heterocycles. The van der Waals surface area contributed by atoms with E-state index in [1.54, 1.807) is 17.9 Å². The molecule has 1 saturated heterocycles. The van der Waals surface area contributed by atoms with Gasteiger partial charge in [-0.1, -0.05) is 18.0 Å². The van der Waals surface area contributed by atoms with Crippen molar-refractivity contribution in [2.45, 2.75) is 25.3 Å². The number of aromatic nitrogens is 2. The first-order valence-electron chi connectivity index (χ1n) is 5.75. The summed E-state index contributed by atoms with van der Waals surface area (Å²) in [6.45, 7) is 1.61. The number of hydrogen-bond donors (Lipinski definition) is 1. The minimum absolute atomic E-state index is 0.283. The number of aryl methyl sites for hydroxylation is 1. The van der Waals surface area contributed by atoms with Crippen LogP contribution >= 0.6 is 11.6 Å². The molecule has 1 atom stereocenters. The number of rotatable bonds is 3. The second-order valence-electron chi connectivity index (χ2n) is 4.37. The van der Waals surface area contributed by atoms with Gasteiger partial charge in [-0.2, -0.15) is 0 Å². The number of imidazole rings is 1. The van der Waals surface area contributed by atoms with Crippen molar-refractivity contribution in [3.63, 3.8) is 0 Å². The van der Waals surface area contributed by atoms with Crippen molar-refractivity contribution in [3.8, 4) is 0 Å². The summed E-state index contributed by atoms with van der Waals surface area (Å²) in [6.07, 6.45) is 4.80. The number of likely N-dealkylation sites (tertiary alicyclic amines) is 1. The van der Waals surface area contributed by atoms with Gasteiger partial charge in [0.15, 0.2) is 11.2 Å². The molecule has 0 aromatic carbocycles. The summed E-state index contributed by atoms with van der Waals surface area (Å²) >= 11 is 5.98. The van der Waals surface area contributed by atoms with E-state index in [0.717, 1.165) is 25.9 Å². The van der Waals surface area contributed by atoms with Gasteiger partial charge >= 0.3 is 5.97 Å². The highest BCUT2D eigenvalue weighted by Gasteiger charge is 2.32. The second-order valence-corrected chi connectivity index (χ2v) is 4.73. The second kappa shape index (κ2) is 5.06. The van der Waals surface area contributed by atoms with Crippen LogP contribution in [0.15, 0.2) is 6.33 Å². The van der Waals surface area contributed by atoms with E-state index < -0.39 is 12.0 Å². The van der Waals surface area contributed by atoms with Crippen LogP contribution in [0.3, 0.4) is 0 Å². The Hall–Kier alpha value is -1.07. The van der Waals surface area contributed by atoms with Crippen LogP contribution in [0.25, 0.3) is 0 Å². The molecule has 0 amide bonds. The van der Waals surface area contributed by atoms with E-state index in [1.807, 2.05) is 4.90 Å². The lowest BCUT2D eigenvalue weighted by Crippen LogP contribution is -2.38. The molecule has 0 aliphatic carbocycles. The van der Waals surface area contributed by atoms with Crippen LogP contribution in [0.4, 0.5) is 0 Å². The van der Waals surface area contributed by atoms with Gasteiger partial charge in [-0.25, -0.2) is 4.98 Å². The summed E-state index contributed by atoms with van der Waals surface area (Å²) in [5.74, 6) is -0.864.